The molecule has 0 aliphatic heterocycles. The molecule has 1 aromatic carbocycles. The van der Waals surface area contributed by atoms with Gasteiger partial charge in [-0.1, -0.05) is 13.0 Å². The summed E-state index contributed by atoms with van der Waals surface area (Å²) in [5.41, 5.74) is 2.35. The molecule has 0 bridgehead atoms. The first kappa shape index (κ1) is 21.4. The summed E-state index contributed by atoms with van der Waals surface area (Å²) in [5, 5.41) is 9.90. The van der Waals surface area contributed by atoms with Gasteiger partial charge < -0.3 is 14.4 Å². The number of ether oxygens (including phenoxy) is 1. The first-order chi connectivity index (χ1) is 12.8. The predicted molar refractivity (Wildman–Crippen MR) is 107 cm³/mol. The van der Waals surface area contributed by atoms with Gasteiger partial charge in [-0.05, 0) is 51.0 Å². The number of aryl methyl sites for hydroxylation is 3. The summed E-state index contributed by atoms with van der Waals surface area (Å²) >= 11 is 0. The van der Waals surface area contributed by atoms with Gasteiger partial charge in [0.2, 0.25) is 7.37 Å². The molecule has 2 aromatic rings. The molecule has 7 heteroatoms. The van der Waals surface area contributed by atoms with Gasteiger partial charge in [0.1, 0.15) is 5.82 Å². The van der Waals surface area contributed by atoms with Crippen LogP contribution in [0.1, 0.15) is 48.7 Å². The summed E-state index contributed by atoms with van der Waals surface area (Å²) in [7, 11) is -1.43. The fourth-order valence-corrected chi connectivity index (χ4v) is 5.67. The summed E-state index contributed by atoms with van der Waals surface area (Å²) in [6.45, 7) is 8.00. The lowest BCUT2D eigenvalue weighted by atomic mass is 10.1. The minimum absolute atomic E-state index is 0.0559. The maximum atomic E-state index is 13.6. The Morgan fingerprint density at radius 2 is 1.81 bits per heavy atom. The number of hydrogen-bond donors (Lipinski definition) is 1. The third-order valence-electron chi connectivity index (χ3n) is 4.52. The Hall–Kier alpha value is -1.91. The Balaban J connectivity index is 2.39. The number of phenols is 1. The standard InChI is InChI=1S/C20H29N2O4P/c1-6-26-27(24,7-2)19(16-8-9-17(23)18(13-16)25-5)10-11-20-21-14(3)12-15(4)22-20/h8-9,12-13,19,23H,6-7,10-11H2,1-5H3. The van der Waals surface area contributed by atoms with Gasteiger partial charge in [-0.15, -0.1) is 0 Å². The molecule has 2 rings (SSSR count). The molecule has 0 aliphatic carbocycles. The number of aromatic nitrogens is 2. The van der Waals surface area contributed by atoms with Gasteiger partial charge in [0.15, 0.2) is 11.5 Å². The number of methoxy groups -OCH3 is 1. The fourth-order valence-electron chi connectivity index (χ4n) is 3.29. The summed E-state index contributed by atoms with van der Waals surface area (Å²) in [5.74, 6) is 1.15. The third kappa shape index (κ3) is 5.30. The highest BCUT2D eigenvalue weighted by atomic mass is 31.2. The lowest BCUT2D eigenvalue weighted by molar-refractivity contribution is 0.324. The van der Waals surface area contributed by atoms with E-state index in [1.54, 1.807) is 18.2 Å². The van der Waals surface area contributed by atoms with Crippen molar-refractivity contribution in [1.82, 2.24) is 9.97 Å². The van der Waals surface area contributed by atoms with Crippen molar-refractivity contribution in [2.45, 2.75) is 46.2 Å². The summed E-state index contributed by atoms with van der Waals surface area (Å²) in [6, 6.07) is 7.03. The molecule has 0 amide bonds. The van der Waals surface area contributed by atoms with Crippen molar-refractivity contribution in [3.63, 3.8) is 0 Å². The Morgan fingerprint density at radius 1 is 1.15 bits per heavy atom. The zero-order valence-corrected chi connectivity index (χ0v) is 17.6. The van der Waals surface area contributed by atoms with E-state index in [1.807, 2.05) is 33.8 Å². The van der Waals surface area contributed by atoms with E-state index in [-0.39, 0.29) is 11.4 Å². The second-order valence-electron chi connectivity index (χ2n) is 6.51. The van der Waals surface area contributed by atoms with E-state index in [1.165, 1.54) is 7.11 Å². The first-order valence-corrected chi connectivity index (χ1v) is 11.1. The molecule has 2 atom stereocenters. The maximum Gasteiger partial charge on any atom is 0.210 e. The topological polar surface area (TPSA) is 81.5 Å². The van der Waals surface area contributed by atoms with Crippen molar-refractivity contribution in [2.24, 2.45) is 0 Å². The highest BCUT2D eigenvalue weighted by Gasteiger charge is 2.34. The normalized spacial score (nSPS) is 14.6. The minimum atomic E-state index is -2.93. The quantitative estimate of drug-likeness (QED) is 0.617. The van der Waals surface area contributed by atoms with Crippen LogP contribution >= 0.6 is 7.37 Å². The van der Waals surface area contributed by atoms with Crippen molar-refractivity contribution in [3.05, 3.63) is 47.0 Å². The zero-order valence-electron chi connectivity index (χ0n) is 16.7. The molecule has 1 aromatic heterocycles. The Bertz CT molecular complexity index is 805. The van der Waals surface area contributed by atoms with E-state index in [9.17, 15) is 9.67 Å². The van der Waals surface area contributed by atoms with E-state index in [2.05, 4.69) is 9.97 Å². The van der Waals surface area contributed by atoms with E-state index in [4.69, 9.17) is 9.26 Å². The van der Waals surface area contributed by atoms with Gasteiger partial charge in [0.05, 0.1) is 19.4 Å². The average Bonchev–Trinajstić information content (AvgIpc) is 2.62. The van der Waals surface area contributed by atoms with Crippen molar-refractivity contribution >= 4 is 7.37 Å². The van der Waals surface area contributed by atoms with Crippen molar-refractivity contribution in [1.29, 1.82) is 0 Å². The molecule has 0 saturated heterocycles. The number of rotatable bonds is 9. The summed E-state index contributed by atoms with van der Waals surface area (Å²) < 4.78 is 24.5. The Kier molecular flexibility index (Phi) is 7.40. The number of phenolic OH excluding ortho intramolecular Hbond substituents is 1. The second-order valence-corrected chi connectivity index (χ2v) is 9.48. The molecule has 0 saturated carbocycles. The molecule has 0 radical (unpaired) electrons. The fraction of sp³-hybridized carbons (Fsp3) is 0.500. The first-order valence-electron chi connectivity index (χ1n) is 9.24. The van der Waals surface area contributed by atoms with Gasteiger partial charge in [-0.3, -0.25) is 4.57 Å². The van der Waals surface area contributed by atoms with Crippen LogP contribution in [0.25, 0.3) is 0 Å². The van der Waals surface area contributed by atoms with Crippen molar-refractivity contribution in [2.75, 3.05) is 19.9 Å². The number of aromatic hydroxyl groups is 1. The Morgan fingerprint density at radius 3 is 2.37 bits per heavy atom. The predicted octanol–water partition coefficient (Wildman–Crippen LogP) is 4.82. The monoisotopic (exact) mass is 392 g/mol. The lowest BCUT2D eigenvalue weighted by Gasteiger charge is -2.27. The van der Waals surface area contributed by atoms with Crippen molar-refractivity contribution < 1.29 is 18.9 Å². The number of benzene rings is 1. The molecule has 27 heavy (non-hydrogen) atoms. The van der Waals surface area contributed by atoms with Crippen molar-refractivity contribution in [3.8, 4) is 11.5 Å². The van der Waals surface area contributed by atoms with Gasteiger partial charge in [-0.25, -0.2) is 9.97 Å². The van der Waals surface area contributed by atoms with Crippen LogP contribution in [-0.4, -0.2) is 35.0 Å². The maximum absolute atomic E-state index is 13.6. The van der Waals surface area contributed by atoms with E-state index >= 15 is 0 Å². The zero-order chi connectivity index (χ0) is 20.0. The molecule has 2 unspecified atom stereocenters. The third-order valence-corrected chi connectivity index (χ3v) is 7.60. The molecule has 0 fully saturated rings. The molecular weight excluding hydrogens is 363 g/mol. The van der Waals surface area contributed by atoms with E-state index in [0.717, 1.165) is 22.8 Å². The largest absolute Gasteiger partial charge is 0.504 e. The second kappa shape index (κ2) is 9.34. The minimum Gasteiger partial charge on any atom is -0.504 e. The van der Waals surface area contributed by atoms with Crippen LogP contribution in [0.15, 0.2) is 24.3 Å². The summed E-state index contributed by atoms with van der Waals surface area (Å²) in [6.07, 6.45) is 1.61. The summed E-state index contributed by atoms with van der Waals surface area (Å²) in [4.78, 5) is 8.99. The smallest absolute Gasteiger partial charge is 0.210 e. The Labute approximate surface area is 161 Å². The molecular formula is C20H29N2O4P. The van der Waals surface area contributed by atoms with Crippen LogP contribution in [-0.2, 0) is 15.5 Å². The van der Waals surface area contributed by atoms with Crippen LogP contribution < -0.4 is 4.74 Å². The van der Waals surface area contributed by atoms with E-state index < -0.39 is 7.37 Å². The molecule has 1 N–H and O–H groups in total. The molecule has 6 nitrogen and oxygen atoms in total. The molecule has 148 valence electrons. The number of nitrogens with zero attached hydrogens (tertiary/aromatic N) is 2. The molecule has 1 heterocycles. The van der Waals surface area contributed by atoms with Gasteiger partial charge in [0, 0.05) is 24.0 Å². The van der Waals surface area contributed by atoms with Crippen LogP contribution in [0, 0.1) is 13.8 Å². The molecule has 0 aliphatic rings. The highest BCUT2D eigenvalue weighted by molar-refractivity contribution is 7.59. The van der Waals surface area contributed by atoms with Gasteiger partial charge in [-0.2, -0.15) is 0 Å². The average molecular weight is 392 g/mol. The van der Waals surface area contributed by atoms with Gasteiger partial charge >= 0.3 is 0 Å². The highest BCUT2D eigenvalue weighted by Crippen LogP contribution is 2.61. The van der Waals surface area contributed by atoms with Crippen LogP contribution in [0.4, 0.5) is 0 Å². The van der Waals surface area contributed by atoms with Crippen LogP contribution in [0.2, 0.25) is 0 Å². The van der Waals surface area contributed by atoms with Crippen LogP contribution in [0.3, 0.4) is 0 Å². The molecule has 0 spiro atoms. The van der Waals surface area contributed by atoms with Crippen LogP contribution in [0.5, 0.6) is 11.5 Å². The van der Waals surface area contributed by atoms with E-state index in [0.29, 0.717) is 31.4 Å². The number of hydrogen-bond acceptors (Lipinski definition) is 6. The van der Waals surface area contributed by atoms with Gasteiger partial charge in [0.25, 0.3) is 0 Å². The lowest BCUT2D eigenvalue weighted by Crippen LogP contribution is -2.09. The SMILES string of the molecule is CCOP(=O)(CC)C(CCc1nc(C)cc(C)n1)c1ccc(O)c(OC)c1.